The third-order valence-corrected chi connectivity index (χ3v) is 13.9. The molecule has 34 heavy (non-hydrogen) atoms. The number of rotatable bonds is 1. The van der Waals surface area contributed by atoms with Crippen molar-refractivity contribution in [3.8, 4) is 0 Å². The second kappa shape index (κ2) is 6.51. The van der Waals surface area contributed by atoms with Gasteiger partial charge >= 0.3 is 0 Å². The van der Waals surface area contributed by atoms with E-state index in [0.717, 1.165) is 31.3 Å². The van der Waals surface area contributed by atoms with Crippen LogP contribution in [0.2, 0.25) is 0 Å². The quantitative estimate of drug-likeness (QED) is 0.365. The second-order valence-corrected chi connectivity index (χ2v) is 14.7. The molecule has 0 radical (unpaired) electrons. The van der Waals surface area contributed by atoms with Gasteiger partial charge in [-0.2, -0.15) is 0 Å². The van der Waals surface area contributed by atoms with E-state index in [1.165, 1.54) is 0 Å². The molecule has 5 heteroatoms. The molecule has 0 unspecified atom stereocenters. The van der Waals surface area contributed by atoms with Gasteiger partial charge in [-0.05, 0) is 82.0 Å². The fourth-order valence-electron chi connectivity index (χ4n) is 11.1. The number of hydrogen-bond acceptors (Lipinski definition) is 5. The SMILES string of the molecule is C=C(C)[C@@H]1CC[C@]2(N)CC[C@@]3(O)[C@]4(C)CC[C@@]5(C)C(C)(C)CCC[C@]5(C)[C@@]4(O)CC[C@]3(O)[C@@]12O. The first-order valence-corrected chi connectivity index (χ1v) is 13.7. The van der Waals surface area contributed by atoms with Crippen LogP contribution in [0.5, 0.6) is 0 Å². The first-order chi connectivity index (χ1) is 15.4. The zero-order chi connectivity index (χ0) is 25.4. The van der Waals surface area contributed by atoms with Gasteiger partial charge in [0.2, 0.25) is 0 Å². The summed E-state index contributed by atoms with van der Waals surface area (Å²) in [4.78, 5) is 0. The van der Waals surface area contributed by atoms with E-state index in [1.807, 2.05) is 13.8 Å². The summed E-state index contributed by atoms with van der Waals surface area (Å²) in [5.74, 6) is -0.373. The van der Waals surface area contributed by atoms with Gasteiger partial charge in [-0.25, -0.2) is 0 Å². The Kier molecular flexibility index (Phi) is 4.82. The van der Waals surface area contributed by atoms with E-state index in [0.29, 0.717) is 38.5 Å². The molecule has 5 saturated carbocycles. The van der Waals surface area contributed by atoms with Crippen LogP contribution in [0.15, 0.2) is 12.2 Å². The number of nitrogens with two attached hydrogens (primary N) is 1. The summed E-state index contributed by atoms with van der Waals surface area (Å²) in [6.45, 7) is 17.3. The van der Waals surface area contributed by atoms with Gasteiger partial charge in [0.15, 0.2) is 0 Å². The fraction of sp³-hybridized carbons (Fsp3) is 0.931. The molecule has 5 rings (SSSR count). The first-order valence-electron chi connectivity index (χ1n) is 13.7. The lowest BCUT2D eigenvalue weighted by Crippen LogP contribution is -2.90. The Hall–Kier alpha value is -0.460. The van der Waals surface area contributed by atoms with Crippen LogP contribution in [0.4, 0.5) is 0 Å². The van der Waals surface area contributed by atoms with Gasteiger partial charge in [0.05, 0.1) is 5.60 Å². The predicted octanol–water partition coefficient (Wildman–Crippen LogP) is 4.20. The Balaban J connectivity index is 1.70. The Morgan fingerprint density at radius 2 is 1.24 bits per heavy atom. The van der Waals surface area contributed by atoms with Gasteiger partial charge in [0.25, 0.3) is 0 Å². The van der Waals surface area contributed by atoms with Crippen LogP contribution in [0, 0.1) is 27.6 Å². The van der Waals surface area contributed by atoms with E-state index in [-0.39, 0.29) is 23.2 Å². The molecule has 0 bridgehead atoms. The van der Waals surface area contributed by atoms with E-state index < -0.39 is 38.8 Å². The molecule has 5 fully saturated rings. The molecule has 6 N–H and O–H groups in total. The van der Waals surface area contributed by atoms with Crippen LogP contribution in [0.3, 0.4) is 0 Å². The third kappa shape index (κ3) is 2.17. The van der Waals surface area contributed by atoms with Gasteiger partial charge in [0.1, 0.15) is 16.8 Å². The van der Waals surface area contributed by atoms with Crippen molar-refractivity contribution < 1.29 is 20.4 Å². The van der Waals surface area contributed by atoms with Gasteiger partial charge in [-0.3, -0.25) is 0 Å². The molecular formula is C29H49NO4. The van der Waals surface area contributed by atoms with Crippen molar-refractivity contribution in [1.82, 2.24) is 0 Å². The van der Waals surface area contributed by atoms with Crippen molar-refractivity contribution in [1.29, 1.82) is 0 Å². The van der Waals surface area contributed by atoms with Crippen LogP contribution >= 0.6 is 0 Å². The van der Waals surface area contributed by atoms with Crippen LogP contribution in [-0.4, -0.2) is 48.4 Å². The maximum atomic E-state index is 12.9. The number of fused-ring (bicyclic) bond motifs is 7. The summed E-state index contributed by atoms with van der Waals surface area (Å²) < 4.78 is 0. The lowest BCUT2D eigenvalue weighted by Gasteiger charge is -2.79. The predicted molar refractivity (Wildman–Crippen MR) is 134 cm³/mol. The molecule has 0 amide bonds. The van der Waals surface area contributed by atoms with Crippen LogP contribution in [0.1, 0.15) is 112 Å². The molecule has 194 valence electrons. The highest BCUT2D eigenvalue weighted by molar-refractivity contribution is 5.39. The van der Waals surface area contributed by atoms with Gasteiger partial charge in [-0.1, -0.05) is 53.2 Å². The number of aliphatic hydroxyl groups is 4. The Bertz CT molecular complexity index is 935. The summed E-state index contributed by atoms with van der Waals surface area (Å²) in [5.41, 5.74) is -0.947. The molecule has 5 aliphatic rings. The zero-order valence-corrected chi connectivity index (χ0v) is 22.4. The molecule has 0 saturated heterocycles. The minimum Gasteiger partial charge on any atom is -0.389 e. The Labute approximate surface area is 206 Å². The van der Waals surface area contributed by atoms with Gasteiger partial charge in [-0.15, -0.1) is 0 Å². The van der Waals surface area contributed by atoms with Crippen LogP contribution < -0.4 is 5.73 Å². The lowest BCUT2D eigenvalue weighted by molar-refractivity contribution is -0.408. The van der Waals surface area contributed by atoms with Crippen molar-refractivity contribution in [2.24, 2.45) is 33.3 Å². The summed E-state index contributed by atoms with van der Waals surface area (Å²) >= 11 is 0. The molecule has 5 aliphatic carbocycles. The average Bonchev–Trinajstić information content (AvgIpc) is 3.03. The summed E-state index contributed by atoms with van der Waals surface area (Å²) in [6, 6.07) is 0. The molecule has 0 heterocycles. The average molecular weight is 476 g/mol. The topological polar surface area (TPSA) is 107 Å². The van der Waals surface area contributed by atoms with Crippen molar-refractivity contribution in [3.63, 3.8) is 0 Å². The largest absolute Gasteiger partial charge is 0.389 e. The molecule has 0 aromatic carbocycles. The molecule has 5 nitrogen and oxygen atoms in total. The van der Waals surface area contributed by atoms with E-state index in [1.54, 1.807) is 0 Å². The smallest absolute Gasteiger partial charge is 0.125 e. The monoisotopic (exact) mass is 475 g/mol. The van der Waals surface area contributed by atoms with E-state index >= 15 is 0 Å². The highest BCUT2D eigenvalue weighted by Crippen LogP contribution is 2.79. The molecule has 9 atom stereocenters. The fourth-order valence-corrected chi connectivity index (χ4v) is 11.1. The zero-order valence-electron chi connectivity index (χ0n) is 22.4. The van der Waals surface area contributed by atoms with E-state index in [2.05, 4.69) is 34.3 Å². The maximum Gasteiger partial charge on any atom is 0.125 e. The molecule has 0 spiro atoms. The Morgan fingerprint density at radius 1 is 0.676 bits per heavy atom. The van der Waals surface area contributed by atoms with Crippen molar-refractivity contribution in [2.75, 3.05) is 0 Å². The Morgan fingerprint density at radius 3 is 1.85 bits per heavy atom. The molecule has 0 aliphatic heterocycles. The van der Waals surface area contributed by atoms with Gasteiger partial charge in [0, 0.05) is 22.3 Å². The maximum absolute atomic E-state index is 12.9. The van der Waals surface area contributed by atoms with Crippen molar-refractivity contribution >= 4 is 0 Å². The number of hydrogen-bond donors (Lipinski definition) is 5. The van der Waals surface area contributed by atoms with Crippen LogP contribution in [0.25, 0.3) is 0 Å². The molecular weight excluding hydrogens is 426 g/mol. The van der Waals surface area contributed by atoms with Crippen molar-refractivity contribution in [2.45, 2.75) is 140 Å². The normalized spacial score (nSPS) is 60.5. The minimum atomic E-state index is -1.80. The van der Waals surface area contributed by atoms with E-state index in [4.69, 9.17) is 5.73 Å². The highest BCUT2D eigenvalue weighted by atomic mass is 16.4. The highest BCUT2D eigenvalue weighted by Gasteiger charge is 2.86. The second-order valence-electron chi connectivity index (χ2n) is 14.7. The third-order valence-electron chi connectivity index (χ3n) is 13.9. The summed E-state index contributed by atoms with van der Waals surface area (Å²) in [5, 5.41) is 50.7. The van der Waals surface area contributed by atoms with Gasteiger partial charge < -0.3 is 26.2 Å². The standard InChI is InChI=1S/C29H49NO4/c1-19(2)20-9-12-25(30)15-16-27(32)24(7)14-13-22(5)21(3,4)10-8-11-23(22,6)26(24,31)17-18-28(27,33)29(20,25)34/h20,31-34H,1,8-18,30H2,2-7H3/t20-,22-,23-,24+,25-,26-,27+,28+,29+/m0/s1. The van der Waals surface area contributed by atoms with E-state index in [9.17, 15) is 20.4 Å². The molecule has 0 aromatic heterocycles. The first kappa shape index (κ1) is 25.2. The summed E-state index contributed by atoms with van der Waals surface area (Å²) in [7, 11) is 0. The van der Waals surface area contributed by atoms with Crippen molar-refractivity contribution in [3.05, 3.63) is 12.2 Å². The minimum absolute atomic E-state index is 0.0705. The summed E-state index contributed by atoms with van der Waals surface area (Å²) in [6.07, 6.45) is 7.06. The van der Waals surface area contributed by atoms with Crippen LogP contribution in [-0.2, 0) is 0 Å². The lowest BCUT2D eigenvalue weighted by atomic mass is 9.29. The molecule has 0 aromatic rings.